The van der Waals surface area contributed by atoms with Crippen LogP contribution in [-0.4, -0.2) is 39.0 Å². The Kier molecular flexibility index (Phi) is 6.37. The van der Waals surface area contributed by atoms with Gasteiger partial charge in [0.05, 0.1) is 18.2 Å². The molecule has 0 radical (unpaired) electrons. The van der Waals surface area contributed by atoms with Crippen molar-refractivity contribution in [2.24, 2.45) is 5.10 Å². The first-order valence-corrected chi connectivity index (χ1v) is 8.99. The number of carbonyl (C=O) groups excluding carboxylic acids is 2. The maximum absolute atomic E-state index is 11.8. The fourth-order valence-electron chi connectivity index (χ4n) is 1.95. The number of esters is 1. The molecule has 0 atom stereocenters. The number of hydrogen-bond donors (Lipinski definition) is 3. The summed E-state index contributed by atoms with van der Waals surface area (Å²) >= 11 is 0.849. The maximum atomic E-state index is 11.8. The van der Waals surface area contributed by atoms with Gasteiger partial charge >= 0.3 is 11.7 Å². The Labute approximate surface area is 166 Å². The molecule has 0 fully saturated rings. The lowest BCUT2D eigenvalue weighted by Crippen LogP contribution is -2.26. The Balaban J connectivity index is 1.47. The summed E-state index contributed by atoms with van der Waals surface area (Å²) in [6.07, 6.45) is 2.77. The van der Waals surface area contributed by atoms with Gasteiger partial charge in [-0.3, -0.25) is 14.6 Å². The van der Waals surface area contributed by atoms with Crippen molar-refractivity contribution >= 4 is 29.9 Å². The van der Waals surface area contributed by atoms with Crippen molar-refractivity contribution in [2.45, 2.75) is 5.03 Å². The molecule has 3 aromatic rings. The largest absolute Gasteiger partial charge is 0.457 e. The highest BCUT2D eigenvalue weighted by atomic mass is 32.2. The number of ether oxygens (including phenoxy) is 1. The monoisotopic (exact) mass is 415 g/mol. The van der Waals surface area contributed by atoms with Gasteiger partial charge in [-0.25, -0.2) is 20.1 Å². The van der Waals surface area contributed by atoms with Gasteiger partial charge < -0.3 is 9.15 Å². The molecule has 1 amide bonds. The molecule has 11 nitrogen and oxygen atoms in total. The Hall–Kier alpha value is -3.93. The number of aromatic amines is 2. The normalized spacial score (nSPS) is 10.8. The van der Waals surface area contributed by atoms with Gasteiger partial charge in [0.15, 0.2) is 5.03 Å². The Morgan fingerprint density at radius 1 is 1.24 bits per heavy atom. The highest BCUT2D eigenvalue weighted by Crippen LogP contribution is 2.14. The van der Waals surface area contributed by atoms with E-state index in [4.69, 9.17) is 9.15 Å². The predicted molar refractivity (Wildman–Crippen MR) is 102 cm³/mol. The van der Waals surface area contributed by atoms with Gasteiger partial charge in [-0.05, 0) is 42.0 Å². The SMILES string of the molecule is O=C(CSc1n[nH]c(=O)[nH]c1=O)N/N=C/c1ccc(OC(=O)c2ccco2)cc1. The lowest BCUT2D eigenvalue weighted by atomic mass is 10.2. The number of hydrogen-bond acceptors (Lipinski definition) is 9. The fourth-order valence-corrected chi connectivity index (χ4v) is 2.58. The van der Waals surface area contributed by atoms with Crippen LogP contribution in [0.5, 0.6) is 5.75 Å². The zero-order valence-corrected chi connectivity index (χ0v) is 15.4. The molecule has 0 saturated heterocycles. The number of furan rings is 1. The van der Waals surface area contributed by atoms with E-state index < -0.39 is 23.1 Å². The van der Waals surface area contributed by atoms with Crippen molar-refractivity contribution in [3.05, 3.63) is 74.8 Å². The van der Waals surface area contributed by atoms with Crippen LogP contribution in [0.2, 0.25) is 0 Å². The molecule has 3 N–H and O–H groups in total. The Morgan fingerprint density at radius 2 is 2.03 bits per heavy atom. The molecule has 2 aromatic heterocycles. The van der Waals surface area contributed by atoms with Gasteiger partial charge in [0.25, 0.3) is 5.56 Å². The molecule has 148 valence electrons. The van der Waals surface area contributed by atoms with Gasteiger partial charge in [0.2, 0.25) is 11.7 Å². The van der Waals surface area contributed by atoms with Crippen LogP contribution in [0, 0.1) is 0 Å². The number of H-pyrrole nitrogens is 2. The van der Waals surface area contributed by atoms with E-state index in [0.29, 0.717) is 11.3 Å². The van der Waals surface area contributed by atoms with Crippen molar-refractivity contribution in [2.75, 3.05) is 5.75 Å². The van der Waals surface area contributed by atoms with Gasteiger partial charge in [-0.1, -0.05) is 11.8 Å². The van der Waals surface area contributed by atoms with Crippen LogP contribution in [0.25, 0.3) is 0 Å². The summed E-state index contributed by atoms with van der Waals surface area (Å²) in [5.41, 5.74) is 1.54. The molecule has 12 heteroatoms. The van der Waals surface area contributed by atoms with Crippen molar-refractivity contribution in [1.82, 2.24) is 20.6 Å². The number of amides is 1. The molecular weight excluding hydrogens is 402 g/mol. The number of thioether (sulfide) groups is 1. The molecule has 0 spiro atoms. The first-order chi connectivity index (χ1) is 14.0. The van der Waals surface area contributed by atoms with Crippen molar-refractivity contribution in [1.29, 1.82) is 0 Å². The van der Waals surface area contributed by atoms with Gasteiger partial charge in [-0.15, -0.1) is 0 Å². The second-order valence-electron chi connectivity index (χ2n) is 5.33. The minimum atomic E-state index is -0.727. The van der Waals surface area contributed by atoms with E-state index in [0.717, 1.165) is 11.8 Å². The predicted octanol–water partition coefficient (Wildman–Crippen LogP) is 0.513. The minimum Gasteiger partial charge on any atom is -0.457 e. The van der Waals surface area contributed by atoms with Crippen LogP contribution in [-0.2, 0) is 4.79 Å². The van der Waals surface area contributed by atoms with Crippen molar-refractivity contribution in [3.63, 3.8) is 0 Å². The first-order valence-electron chi connectivity index (χ1n) is 8.01. The zero-order valence-electron chi connectivity index (χ0n) is 14.6. The molecule has 1 aromatic carbocycles. The summed E-state index contributed by atoms with van der Waals surface area (Å²) in [5, 5.41) is 9.38. The van der Waals surface area contributed by atoms with Gasteiger partial charge in [-0.2, -0.15) is 10.2 Å². The van der Waals surface area contributed by atoms with E-state index in [9.17, 15) is 19.2 Å². The van der Waals surface area contributed by atoms with Gasteiger partial charge in [0, 0.05) is 0 Å². The molecule has 0 aliphatic carbocycles. The molecule has 29 heavy (non-hydrogen) atoms. The summed E-state index contributed by atoms with van der Waals surface area (Å²) in [4.78, 5) is 47.9. The third-order valence-electron chi connectivity index (χ3n) is 3.24. The van der Waals surface area contributed by atoms with Crippen LogP contribution in [0.15, 0.2) is 66.8 Å². The van der Waals surface area contributed by atoms with Crippen LogP contribution in [0.1, 0.15) is 16.1 Å². The Bertz CT molecular complexity index is 1130. The van der Waals surface area contributed by atoms with E-state index >= 15 is 0 Å². The molecule has 0 unspecified atom stereocenters. The van der Waals surface area contributed by atoms with E-state index in [1.165, 1.54) is 18.5 Å². The first kappa shape index (κ1) is 19.8. The molecule has 0 aliphatic rings. The molecular formula is C17H13N5O6S. The van der Waals surface area contributed by atoms with Crippen LogP contribution >= 0.6 is 11.8 Å². The topological polar surface area (TPSA) is 160 Å². The van der Waals surface area contributed by atoms with Gasteiger partial charge in [0.1, 0.15) is 5.75 Å². The van der Waals surface area contributed by atoms with E-state index in [2.05, 4.69) is 20.7 Å². The number of carbonyl (C=O) groups is 2. The molecule has 3 rings (SSSR count). The molecule has 0 saturated carbocycles. The standard InChI is InChI=1S/C17H13N5O6S/c23-13(9-29-15-14(24)19-17(26)22-21-15)20-18-8-10-3-5-11(6-4-10)28-16(25)12-2-1-7-27-12/h1-8H,9H2,(H,20,23)(H2,19,22,24,26)/b18-8+. The highest BCUT2D eigenvalue weighted by Gasteiger charge is 2.11. The number of benzene rings is 1. The lowest BCUT2D eigenvalue weighted by molar-refractivity contribution is -0.118. The molecule has 0 bridgehead atoms. The van der Waals surface area contributed by atoms with Crippen LogP contribution in [0.3, 0.4) is 0 Å². The minimum absolute atomic E-state index is 0.0385. The van der Waals surface area contributed by atoms with E-state index in [1.807, 2.05) is 4.98 Å². The summed E-state index contributed by atoms with van der Waals surface area (Å²) in [6, 6.07) is 9.48. The summed E-state index contributed by atoms with van der Waals surface area (Å²) in [5.74, 6) is -0.793. The summed E-state index contributed by atoms with van der Waals surface area (Å²) < 4.78 is 10.1. The third-order valence-corrected chi connectivity index (χ3v) is 4.19. The fraction of sp³-hybridized carbons (Fsp3) is 0.0588. The van der Waals surface area contributed by atoms with E-state index in [-0.39, 0.29) is 16.5 Å². The van der Waals surface area contributed by atoms with Crippen LogP contribution in [0.4, 0.5) is 0 Å². The molecule has 2 heterocycles. The molecule has 0 aliphatic heterocycles. The second-order valence-corrected chi connectivity index (χ2v) is 6.29. The van der Waals surface area contributed by atoms with Crippen molar-refractivity contribution in [3.8, 4) is 5.75 Å². The number of aromatic nitrogens is 3. The summed E-state index contributed by atoms with van der Waals surface area (Å²) in [7, 11) is 0. The Morgan fingerprint density at radius 3 is 2.72 bits per heavy atom. The average Bonchev–Trinajstić information content (AvgIpc) is 3.24. The van der Waals surface area contributed by atoms with Crippen LogP contribution < -0.4 is 21.4 Å². The number of nitrogens with one attached hydrogen (secondary N) is 3. The lowest BCUT2D eigenvalue weighted by Gasteiger charge is -2.02. The smallest absolute Gasteiger partial charge is 0.379 e. The maximum Gasteiger partial charge on any atom is 0.379 e. The van der Waals surface area contributed by atoms with E-state index in [1.54, 1.807) is 30.3 Å². The second kappa shape index (κ2) is 9.32. The number of nitrogens with zero attached hydrogens (tertiary/aromatic N) is 2. The zero-order chi connectivity index (χ0) is 20.6. The quantitative estimate of drug-likeness (QED) is 0.165. The highest BCUT2D eigenvalue weighted by molar-refractivity contribution is 7.99. The number of hydrazone groups is 1. The average molecular weight is 415 g/mol. The summed E-state index contributed by atoms with van der Waals surface area (Å²) in [6.45, 7) is 0. The van der Waals surface area contributed by atoms with Crippen molar-refractivity contribution < 1.29 is 18.7 Å². The number of rotatable bonds is 7. The third kappa shape index (κ3) is 5.77.